The van der Waals surface area contributed by atoms with Crippen molar-refractivity contribution in [1.82, 2.24) is 0 Å². The van der Waals surface area contributed by atoms with Crippen LogP contribution in [0.5, 0.6) is 0 Å². The van der Waals surface area contributed by atoms with Gasteiger partial charge in [0.1, 0.15) is 22.3 Å². The quantitative estimate of drug-likeness (QED) is 0.206. The number of fused-ring (bicyclic) bond motifs is 6. The van der Waals surface area contributed by atoms with Crippen LogP contribution in [0.1, 0.15) is 72.1 Å². The second-order valence-electron chi connectivity index (χ2n) is 13.2. The number of benzene rings is 5. The van der Waals surface area contributed by atoms with Crippen LogP contribution in [-0.2, 0) is 0 Å². The summed E-state index contributed by atoms with van der Waals surface area (Å²) in [6.45, 7) is 0. The fraction of sp³-hybridized carbons (Fsp3) is 0.190. The minimum atomic E-state index is 0.328. The summed E-state index contributed by atoms with van der Waals surface area (Å²) in [7, 11) is 0. The first-order valence-electron chi connectivity index (χ1n) is 16.1. The maximum atomic E-state index is 6.22. The molecule has 0 radical (unpaired) electrons. The van der Waals surface area contributed by atoms with Crippen molar-refractivity contribution in [2.24, 2.45) is 0 Å². The lowest BCUT2D eigenvalue weighted by Crippen LogP contribution is -2.01. The standard InChI is InChI=1S/C42H32O2/c1-3-27(19-29(5-1)33-13-17-41-37(23-33)35-21-31(25-7-8-25)11-15-39(35)43-41)28-4-2-6-30(20-28)34-14-18-42-38(24-34)36-22-32(26-9-10-26)12-16-40(36)44-42/h1-6,11-19,21-26,30H,7-10,20H2. The zero-order chi connectivity index (χ0) is 28.8. The third-order valence-corrected chi connectivity index (χ3v) is 10.2. The Bertz CT molecular complexity index is 2330. The molecule has 0 amide bonds. The molecule has 0 saturated heterocycles. The summed E-state index contributed by atoms with van der Waals surface area (Å²) in [5.74, 6) is 1.79. The minimum Gasteiger partial charge on any atom is -0.456 e. The van der Waals surface area contributed by atoms with E-state index in [0.717, 1.165) is 40.6 Å². The zero-order valence-electron chi connectivity index (χ0n) is 24.6. The second kappa shape index (κ2) is 9.34. The van der Waals surface area contributed by atoms with Gasteiger partial charge < -0.3 is 8.83 Å². The smallest absolute Gasteiger partial charge is 0.135 e. The molecule has 2 heteroatoms. The van der Waals surface area contributed by atoms with Gasteiger partial charge in [-0.2, -0.15) is 0 Å². The molecule has 3 aliphatic carbocycles. The second-order valence-corrected chi connectivity index (χ2v) is 13.2. The summed E-state index contributed by atoms with van der Waals surface area (Å²) < 4.78 is 12.4. The van der Waals surface area contributed by atoms with Crippen LogP contribution in [0.4, 0.5) is 0 Å². The first-order chi connectivity index (χ1) is 21.7. The summed E-state index contributed by atoms with van der Waals surface area (Å²) in [4.78, 5) is 0. The number of furan rings is 2. The molecule has 2 heterocycles. The number of hydrogen-bond donors (Lipinski definition) is 0. The van der Waals surface area contributed by atoms with E-state index in [0.29, 0.717) is 5.92 Å². The molecule has 2 nitrogen and oxygen atoms in total. The van der Waals surface area contributed by atoms with E-state index < -0.39 is 0 Å². The van der Waals surface area contributed by atoms with Crippen molar-refractivity contribution in [3.8, 4) is 11.1 Å². The van der Waals surface area contributed by atoms with Crippen molar-refractivity contribution in [1.29, 1.82) is 0 Å². The number of rotatable bonds is 5. The lowest BCUT2D eigenvalue weighted by atomic mass is 9.84. The van der Waals surface area contributed by atoms with Crippen LogP contribution in [0.25, 0.3) is 60.6 Å². The van der Waals surface area contributed by atoms with Gasteiger partial charge in [0.25, 0.3) is 0 Å². The predicted octanol–water partition coefficient (Wildman–Crippen LogP) is 12.0. The molecule has 0 spiro atoms. The molecule has 0 bridgehead atoms. The van der Waals surface area contributed by atoms with Gasteiger partial charge >= 0.3 is 0 Å². The predicted molar refractivity (Wildman–Crippen MR) is 181 cm³/mol. The van der Waals surface area contributed by atoms with Crippen LogP contribution in [0.15, 0.2) is 124 Å². The highest BCUT2D eigenvalue weighted by atomic mass is 16.3. The highest BCUT2D eigenvalue weighted by Gasteiger charge is 2.25. The van der Waals surface area contributed by atoms with Gasteiger partial charge in [-0.05, 0) is 137 Å². The zero-order valence-corrected chi connectivity index (χ0v) is 24.6. The molecule has 0 N–H and O–H groups in total. The monoisotopic (exact) mass is 568 g/mol. The Morgan fingerprint density at radius 3 is 1.64 bits per heavy atom. The molecular weight excluding hydrogens is 536 g/mol. The maximum Gasteiger partial charge on any atom is 0.135 e. The maximum absolute atomic E-state index is 6.22. The van der Waals surface area contributed by atoms with Crippen molar-refractivity contribution < 1.29 is 8.83 Å². The Kier molecular flexibility index (Phi) is 5.22. The van der Waals surface area contributed by atoms with E-state index in [4.69, 9.17) is 8.83 Å². The van der Waals surface area contributed by atoms with E-state index >= 15 is 0 Å². The first-order valence-corrected chi connectivity index (χ1v) is 16.1. The van der Waals surface area contributed by atoms with Gasteiger partial charge in [0, 0.05) is 27.5 Å². The van der Waals surface area contributed by atoms with Crippen LogP contribution in [0.3, 0.4) is 0 Å². The Morgan fingerprint density at radius 1 is 0.477 bits per heavy atom. The largest absolute Gasteiger partial charge is 0.456 e. The van der Waals surface area contributed by atoms with E-state index in [1.165, 1.54) is 86.2 Å². The molecule has 7 aromatic rings. The Labute approximate surface area is 256 Å². The molecule has 2 saturated carbocycles. The topological polar surface area (TPSA) is 26.3 Å². The average Bonchev–Trinajstić information content (AvgIpc) is 4.02. The molecule has 2 aromatic heterocycles. The summed E-state index contributed by atoms with van der Waals surface area (Å²) in [5.41, 5.74) is 13.3. The summed E-state index contributed by atoms with van der Waals surface area (Å²) >= 11 is 0. The van der Waals surface area contributed by atoms with Crippen molar-refractivity contribution in [2.75, 3.05) is 0 Å². The van der Waals surface area contributed by atoms with Gasteiger partial charge in [-0.25, -0.2) is 0 Å². The van der Waals surface area contributed by atoms with Crippen LogP contribution >= 0.6 is 0 Å². The van der Waals surface area contributed by atoms with E-state index in [2.05, 4.69) is 115 Å². The van der Waals surface area contributed by atoms with Crippen LogP contribution < -0.4 is 0 Å². The molecule has 10 rings (SSSR count). The summed E-state index contributed by atoms with van der Waals surface area (Å²) in [6.07, 6.45) is 13.1. The van der Waals surface area contributed by atoms with Crippen molar-refractivity contribution in [3.63, 3.8) is 0 Å². The normalized spacial score (nSPS) is 18.5. The highest BCUT2D eigenvalue weighted by Crippen LogP contribution is 2.44. The van der Waals surface area contributed by atoms with E-state index in [1.807, 2.05) is 0 Å². The van der Waals surface area contributed by atoms with Gasteiger partial charge in [-0.3, -0.25) is 0 Å². The minimum absolute atomic E-state index is 0.328. The fourth-order valence-corrected chi connectivity index (χ4v) is 7.38. The molecular formula is C42H32O2. The fourth-order valence-electron chi connectivity index (χ4n) is 7.38. The van der Waals surface area contributed by atoms with E-state index in [-0.39, 0.29) is 0 Å². The third-order valence-electron chi connectivity index (χ3n) is 10.2. The number of hydrogen-bond acceptors (Lipinski definition) is 2. The first kappa shape index (κ1) is 24.6. The van der Waals surface area contributed by atoms with Crippen LogP contribution in [-0.4, -0.2) is 0 Å². The van der Waals surface area contributed by atoms with Crippen LogP contribution in [0.2, 0.25) is 0 Å². The number of allylic oxidation sites excluding steroid dienone is 4. The Morgan fingerprint density at radius 2 is 1.00 bits per heavy atom. The highest BCUT2D eigenvalue weighted by molar-refractivity contribution is 6.07. The van der Waals surface area contributed by atoms with E-state index in [9.17, 15) is 0 Å². The van der Waals surface area contributed by atoms with Gasteiger partial charge in [-0.15, -0.1) is 0 Å². The Balaban J connectivity index is 0.969. The molecule has 1 atom stereocenters. The van der Waals surface area contributed by atoms with Crippen molar-refractivity contribution >= 4 is 49.5 Å². The average molecular weight is 569 g/mol. The van der Waals surface area contributed by atoms with Gasteiger partial charge in [0.2, 0.25) is 0 Å². The van der Waals surface area contributed by atoms with Gasteiger partial charge in [-0.1, -0.05) is 60.7 Å². The van der Waals surface area contributed by atoms with Crippen LogP contribution in [0, 0.1) is 0 Å². The van der Waals surface area contributed by atoms with Gasteiger partial charge in [0.05, 0.1) is 0 Å². The Hall–Kier alpha value is -4.82. The molecule has 2 fully saturated rings. The lowest BCUT2D eigenvalue weighted by Gasteiger charge is -2.20. The summed E-state index contributed by atoms with van der Waals surface area (Å²) in [6, 6.07) is 36.0. The molecule has 44 heavy (non-hydrogen) atoms. The van der Waals surface area contributed by atoms with Gasteiger partial charge in [0.15, 0.2) is 0 Å². The third kappa shape index (κ3) is 4.08. The SMILES string of the molecule is C1=CC(c2ccc3oc4ccc(C5CC5)cc4c3c2)CC(c2cccc(-c3ccc4oc5ccc(C6CC6)cc5c4c3)c2)=C1. The molecule has 1 unspecified atom stereocenters. The molecule has 212 valence electrons. The van der Waals surface area contributed by atoms with E-state index in [1.54, 1.807) is 0 Å². The molecule has 0 aliphatic heterocycles. The van der Waals surface area contributed by atoms with Crippen molar-refractivity contribution in [3.05, 3.63) is 138 Å². The van der Waals surface area contributed by atoms with Crippen molar-refractivity contribution in [2.45, 2.75) is 49.9 Å². The lowest BCUT2D eigenvalue weighted by molar-refractivity contribution is 0.668. The molecule has 5 aromatic carbocycles. The molecule has 3 aliphatic rings. The summed E-state index contributed by atoms with van der Waals surface area (Å²) in [5, 5.41) is 4.92.